The highest BCUT2D eigenvalue weighted by atomic mass is 16.6. The Hall–Kier alpha value is -2.18. The van der Waals surface area contributed by atoms with E-state index in [4.69, 9.17) is 5.11 Å². The highest BCUT2D eigenvalue weighted by Crippen LogP contribution is 2.30. The predicted molar refractivity (Wildman–Crippen MR) is 58.7 cm³/mol. The van der Waals surface area contributed by atoms with Crippen LogP contribution in [0.2, 0.25) is 0 Å². The van der Waals surface area contributed by atoms with Gasteiger partial charge in [-0.3, -0.25) is 14.9 Å². The molecule has 7 heteroatoms. The third kappa shape index (κ3) is 2.49. The summed E-state index contributed by atoms with van der Waals surface area (Å²) in [6.45, 7) is 0. The van der Waals surface area contributed by atoms with Gasteiger partial charge in [0.15, 0.2) is 0 Å². The van der Waals surface area contributed by atoms with Crippen LogP contribution in [0, 0.1) is 16.0 Å². The molecule has 1 fully saturated rings. The monoisotopic (exact) mass is 237 g/mol. The summed E-state index contributed by atoms with van der Waals surface area (Å²) in [5.41, 5.74) is -0.0624. The van der Waals surface area contributed by atoms with Gasteiger partial charge in [-0.15, -0.1) is 0 Å². The molecule has 2 rings (SSSR count). The highest BCUT2D eigenvalue weighted by Gasteiger charge is 2.34. The van der Waals surface area contributed by atoms with Crippen molar-refractivity contribution in [3.05, 3.63) is 28.4 Å². The number of nitrogens with one attached hydrogen (secondary N) is 1. The minimum Gasteiger partial charge on any atom is -0.481 e. The molecule has 0 radical (unpaired) electrons. The van der Waals surface area contributed by atoms with Crippen molar-refractivity contribution in [2.75, 3.05) is 5.32 Å². The largest absolute Gasteiger partial charge is 0.481 e. The van der Waals surface area contributed by atoms with Gasteiger partial charge in [0.2, 0.25) is 0 Å². The van der Waals surface area contributed by atoms with Crippen molar-refractivity contribution in [2.24, 2.45) is 5.92 Å². The zero-order valence-electron chi connectivity index (χ0n) is 8.87. The van der Waals surface area contributed by atoms with Crippen LogP contribution in [0.25, 0.3) is 0 Å². The minimum atomic E-state index is -0.778. The molecule has 7 nitrogen and oxygen atoms in total. The van der Waals surface area contributed by atoms with Crippen molar-refractivity contribution < 1.29 is 14.8 Å². The molecule has 2 N–H and O–H groups in total. The van der Waals surface area contributed by atoms with Gasteiger partial charge in [-0.25, -0.2) is 4.98 Å². The molecular weight excluding hydrogens is 226 g/mol. The number of nitro groups is 1. The standard InChI is InChI=1S/C10H11N3O4/c14-10(15)6-3-7(4-6)12-9-2-1-8(5-11-9)13(16)17/h1-2,5-7H,3-4H2,(H,11,12)(H,14,15). The van der Waals surface area contributed by atoms with Crippen molar-refractivity contribution >= 4 is 17.5 Å². The first-order chi connectivity index (χ1) is 8.06. The van der Waals surface area contributed by atoms with Crippen LogP contribution in [0.3, 0.4) is 0 Å². The Kier molecular flexibility index (Phi) is 2.90. The Bertz CT molecular complexity index is 439. The molecule has 1 aromatic rings. The van der Waals surface area contributed by atoms with Crippen LogP contribution in [0.5, 0.6) is 0 Å². The first kappa shape index (κ1) is 11.3. The Morgan fingerprint density at radius 3 is 2.71 bits per heavy atom. The van der Waals surface area contributed by atoms with Gasteiger partial charge < -0.3 is 10.4 Å². The van der Waals surface area contributed by atoms with E-state index in [9.17, 15) is 14.9 Å². The van der Waals surface area contributed by atoms with E-state index < -0.39 is 10.9 Å². The van der Waals surface area contributed by atoms with E-state index in [0.717, 1.165) is 0 Å². The van der Waals surface area contributed by atoms with E-state index >= 15 is 0 Å². The van der Waals surface area contributed by atoms with Crippen molar-refractivity contribution in [3.63, 3.8) is 0 Å². The smallest absolute Gasteiger partial charge is 0.306 e. The van der Waals surface area contributed by atoms with Crippen LogP contribution >= 0.6 is 0 Å². The summed E-state index contributed by atoms with van der Waals surface area (Å²) in [4.78, 5) is 24.4. The molecule has 0 unspecified atom stereocenters. The number of aliphatic carboxylic acids is 1. The van der Waals surface area contributed by atoms with Crippen LogP contribution in [0.15, 0.2) is 18.3 Å². The maximum atomic E-state index is 10.6. The summed E-state index contributed by atoms with van der Waals surface area (Å²) in [7, 11) is 0. The lowest BCUT2D eigenvalue weighted by molar-refractivity contribution is -0.385. The Morgan fingerprint density at radius 2 is 2.24 bits per heavy atom. The lowest BCUT2D eigenvalue weighted by Crippen LogP contribution is -2.39. The summed E-state index contributed by atoms with van der Waals surface area (Å²) >= 11 is 0. The van der Waals surface area contributed by atoms with Gasteiger partial charge in [-0.2, -0.15) is 0 Å². The second kappa shape index (κ2) is 4.36. The summed E-state index contributed by atoms with van der Waals surface area (Å²) in [6, 6.07) is 2.97. The molecule has 1 saturated carbocycles. The van der Waals surface area contributed by atoms with Gasteiger partial charge >= 0.3 is 5.97 Å². The topological polar surface area (TPSA) is 105 Å². The normalized spacial score (nSPS) is 22.6. The zero-order valence-corrected chi connectivity index (χ0v) is 8.87. The molecule has 1 aromatic heterocycles. The molecule has 1 aliphatic carbocycles. The lowest BCUT2D eigenvalue weighted by atomic mass is 9.80. The molecule has 0 amide bonds. The number of hydrogen-bond acceptors (Lipinski definition) is 5. The van der Waals surface area contributed by atoms with Gasteiger partial charge in [0, 0.05) is 12.1 Å². The number of rotatable bonds is 4. The number of pyridine rings is 1. The van der Waals surface area contributed by atoms with Crippen LogP contribution in [-0.4, -0.2) is 27.0 Å². The van der Waals surface area contributed by atoms with Gasteiger partial charge in [-0.1, -0.05) is 0 Å². The maximum absolute atomic E-state index is 10.6. The Labute approximate surface area is 96.6 Å². The molecule has 0 saturated heterocycles. The molecule has 1 heterocycles. The number of nitrogens with zero attached hydrogens (tertiary/aromatic N) is 2. The van der Waals surface area contributed by atoms with Crippen LogP contribution in [0.1, 0.15) is 12.8 Å². The van der Waals surface area contributed by atoms with Crippen molar-refractivity contribution in [1.82, 2.24) is 4.98 Å². The second-order valence-electron chi connectivity index (χ2n) is 4.01. The molecule has 0 aliphatic heterocycles. The number of hydrogen-bond donors (Lipinski definition) is 2. The predicted octanol–water partition coefficient (Wildman–Crippen LogP) is 1.26. The molecule has 0 aromatic carbocycles. The first-order valence-electron chi connectivity index (χ1n) is 5.16. The third-order valence-corrected chi connectivity index (χ3v) is 2.80. The highest BCUT2D eigenvalue weighted by molar-refractivity contribution is 5.71. The molecule has 1 aliphatic rings. The quantitative estimate of drug-likeness (QED) is 0.603. The van der Waals surface area contributed by atoms with Crippen LogP contribution in [-0.2, 0) is 4.79 Å². The summed E-state index contributed by atoms with van der Waals surface area (Å²) in [5.74, 6) is -0.533. The number of aromatic nitrogens is 1. The van der Waals surface area contributed by atoms with Crippen molar-refractivity contribution in [1.29, 1.82) is 0 Å². The van der Waals surface area contributed by atoms with Gasteiger partial charge in [0.25, 0.3) is 5.69 Å². The van der Waals surface area contributed by atoms with Gasteiger partial charge in [0.1, 0.15) is 12.0 Å². The van der Waals surface area contributed by atoms with E-state index in [2.05, 4.69) is 10.3 Å². The maximum Gasteiger partial charge on any atom is 0.306 e. The van der Waals surface area contributed by atoms with Gasteiger partial charge in [-0.05, 0) is 18.9 Å². The van der Waals surface area contributed by atoms with E-state index in [1.807, 2.05) is 0 Å². The number of anilines is 1. The summed E-state index contributed by atoms with van der Waals surface area (Å²) in [6.07, 6.45) is 2.30. The van der Waals surface area contributed by atoms with Crippen molar-refractivity contribution in [2.45, 2.75) is 18.9 Å². The van der Waals surface area contributed by atoms with Gasteiger partial charge in [0.05, 0.1) is 10.8 Å². The van der Waals surface area contributed by atoms with E-state index in [-0.39, 0.29) is 17.6 Å². The SMILES string of the molecule is O=C(O)C1CC(Nc2ccc([N+](=O)[O-])cn2)C1. The molecule has 0 bridgehead atoms. The molecule has 0 spiro atoms. The average molecular weight is 237 g/mol. The van der Waals surface area contributed by atoms with Crippen LogP contribution in [0.4, 0.5) is 11.5 Å². The summed E-state index contributed by atoms with van der Waals surface area (Å²) < 4.78 is 0. The van der Waals surface area contributed by atoms with Crippen molar-refractivity contribution in [3.8, 4) is 0 Å². The zero-order chi connectivity index (χ0) is 12.4. The minimum absolute atomic E-state index is 0.0624. The van der Waals surface area contributed by atoms with Crippen LogP contribution < -0.4 is 5.32 Å². The third-order valence-electron chi connectivity index (χ3n) is 2.80. The van der Waals surface area contributed by atoms with E-state index in [0.29, 0.717) is 18.7 Å². The lowest BCUT2D eigenvalue weighted by Gasteiger charge is -2.33. The Morgan fingerprint density at radius 1 is 1.53 bits per heavy atom. The molecule has 0 atom stereocenters. The fraction of sp³-hybridized carbons (Fsp3) is 0.400. The molecule has 17 heavy (non-hydrogen) atoms. The second-order valence-corrected chi connectivity index (χ2v) is 4.01. The first-order valence-corrected chi connectivity index (χ1v) is 5.16. The fourth-order valence-corrected chi connectivity index (χ4v) is 1.73. The van der Waals surface area contributed by atoms with E-state index in [1.54, 1.807) is 0 Å². The summed E-state index contributed by atoms with van der Waals surface area (Å²) in [5, 5.41) is 22.1. The average Bonchev–Trinajstić information content (AvgIpc) is 2.23. The molecular formula is C10H11N3O4. The molecule has 90 valence electrons. The van der Waals surface area contributed by atoms with E-state index in [1.165, 1.54) is 18.3 Å². The number of carbonyl (C=O) groups is 1. The Balaban J connectivity index is 1.88. The number of carboxylic acid groups (broad SMARTS) is 1. The number of carboxylic acids is 1. The fourth-order valence-electron chi connectivity index (χ4n) is 1.73.